The quantitative estimate of drug-likeness (QED) is 0.636. The normalized spacial score (nSPS) is 10.6. The highest BCUT2D eigenvalue weighted by Gasteiger charge is 2.14. The summed E-state index contributed by atoms with van der Waals surface area (Å²) < 4.78 is 24.5. The number of methoxy groups -OCH3 is 1. The molecule has 0 saturated heterocycles. The zero-order valence-corrected chi connectivity index (χ0v) is 14.5. The number of carbonyl (C=O) groups is 1. The van der Waals surface area contributed by atoms with Gasteiger partial charge in [-0.15, -0.1) is 0 Å². The molecule has 1 heterocycles. The van der Waals surface area contributed by atoms with Crippen LogP contribution < -0.4 is 4.74 Å². The molecule has 134 valence electrons. The van der Waals surface area contributed by atoms with Crippen LogP contribution in [0.2, 0.25) is 0 Å². The van der Waals surface area contributed by atoms with Gasteiger partial charge in [-0.05, 0) is 24.6 Å². The Balaban J connectivity index is 1.75. The second-order valence-electron chi connectivity index (χ2n) is 5.66. The Labute approximate surface area is 150 Å². The summed E-state index contributed by atoms with van der Waals surface area (Å²) in [5, 5.41) is 8.45. The van der Waals surface area contributed by atoms with Crippen LogP contribution in [0.5, 0.6) is 5.75 Å². The van der Waals surface area contributed by atoms with Crippen molar-refractivity contribution in [2.45, 2.75) is 20.0 Å². The van der Waals surface area contributed by atoms with Crippen LogP contribution in [0.1, 0.15) is 17.0 Å². The molecule has 3 rings (SSSR count). The Bertz CT molecular complexity index is 910. The highest BCUT2D eigenvalue weighted by molar-refractivity contribution is 5.72. The van der Waals surface area contributed by atoms with Crippen LogP contribution in [0, 0.1) is 12.7 Å². The Morgan fingerprint density at radius 3 is 2.62 bits per heavy atom. The van der Waals surface area contributed by atoms with Gasteiger partial charge in [0.05, 0.1) is 30.6 Å². The molecule has 0 fully saturated rings. The molecule has 0 saturated carbocycles. The number of carbonyl (C=O) groups excluding carboxylic acids is 1. The molecule has 7 heteroatoms. The summed E-state index contributed by atoms with van der Waals surface area (Å²) in [6.07, 6.45) is 0.0170. The molecule has 0 aliphatic heterocycles. The molecule has 0 radical (unpaired) electrons. The molecule has 0 N–H and O–H groups in total. The smallest absolute Gasteiger partial charge is 0.311 e. The van der Waals surface area contributed by atoms with Gasteiger partial charge in [0.2, 0.25) is 0 Å². The number of hydrogen-bond acceptors (Lipinski definition) is 5. The lowest BCUT2D eigenvalue weighted by molar-refractivity contribution is -0.139. The van der Waals surface area contributed by atoms with Crippen LogP contribution >= 0.6 is 0 Å². The summed E-state index contributed by atoms with van der Waals surface area (Å²) in [5.41, 5.74) is 2.46. The van der Waals surface area contributed by atoms with E-state index >= 15 is 0 Å². The molecule has 6 nitrogen and oxygen atoms in total. The SMILES string of the molecule is COC(=O)Cc1nn(-c2ccc(OCc3ccccc3)c(F)c2)nc1C. The fourth-order valence-electron chi connectivity index (χ4n) is 2.36. The molecule has 2 aromatic carbocycles. The van der Waals surface area contributed by atoms with Gasteiger partial charge in [-0.3, -0.25) is 4.79 Å². The largest absolute Gasteiger partial charge is 0.486 e. The third-order valence-electron chi connectivity index (χ3n) is 3.80. The molecule has 0 aliphatic carbocycles. The topological polar surface area (TPSA) is 66.2 Å². The number of rotatable bonds is 6. The van der Waals surface area contributed by atoms with E-state index in [4.69, 9.17) is 4.74 Å². The average Bonchev–Trinajstić information content (AvgIpc) is 3.02. The van der Waals surface area contributed by atoms with Gasteiger partial charge in [-0.1, -0.05) is 30.3 Å². The molecule has 0 aliphatic rings. The number of esters is 1. The maximum Gasteiger partial charge on any atom is 0.311 e. The first kappa shape index (κ1) is 17.6. The highest BCUT2D eigenvalue weighted by Crippen LogP contribution is 2.21. The Morgan fingerprint density at radius 2 is 1.92 bits per heavy atom. The first-order valence-electron chi connectivity index (χ1n) is 8.03. The lowest BCUT2D eigenvalue weighted by Crippen LogP contribution is -2.07. The number of nitrogens with zero attached hydrogens (tertiary/aromatic N) is 3. The fraction of sp³-hybridized carbons (Fsp3) is 0.211. The average molecular weight is 355 g/mol. The van der Waals surface area contributed by atoms with Crippen LogP contribution in [0.15, 0.2) is 48.5 Å². The van der Waals surface area contributed by atoms with Crippen LogP contribution in [0.25, 0.3) is 5.69 Å². The van der Waals surface area contributed by atoms with Crippen molar-refractivity contribution in [1.29, 1.82) is 0 Å². The molecule has 0 amide bonds. The second-order valence-corrected chi connectivity index (χ2v) is 5.66. The van der Waals surface area contributed by atoms with Crippen molar-refractivity contribution >= 4 is 5.97 Å². The van der Waals surface area contributed by atoms with Gasteiger partial charge in [0, 0.05) is 6.07 Å². The van der Waals surface area contributed by atoms with Crippen LogP contribution in [-0.2, 0) is 22.6 Å². The van der Waals surface area contributed by atoms with E-state index in [1.807, 2.05) is 30.3 Å². The van der Waals surface area contributed by atoms with E-state index < -0.39 is 11.8 Å². The monoisotopic (exact) mass is 355 g/mol. The van der Waals surface area contributed by atoms with E-state index in [2.05, 4.69) is 14.9 Å². The minimum atomic E-state index is -0.511. The zero-order valence-electron chi connectivity index (χ0n) is 14.5. The maximum absolute atomic E-state index is 14.3. The summed E-state index contributed by atoms with van der Waals surface area (Å²) in [6, 6.07) is 14.0. The predicted molar refractivity (Wildman–Crippen MR) is 92.5 cm³/mol. The third kappa shape index (κ3) is 4.05. The number of halogens is 1. The van der Waals surface area contributed by atoms with Crippen molar-refractivity contribution in [3.63, 3.8) is 0 Å². The minimum Gasteiger partial charge on any atom is -0.486 e. The van der Waals surface area contributed by atoms with Crippen molar-refractivity contribution in [3.05, 3.63) is 71.3 Å². The van der Waals surface area contributed by atoms with Crippen molar-refractivity contribution < 1.29 is 18.7 Å². The molecule has 0 atom stereocenters. The van der Waals surface area contributed by atoms with Crippen molar-refractivity contribution in [1.82, 2.24) is 15.0 Å². The summed E-state index contributed by atoms with van der Waals surface area (Å²) >= 11 is 0. The van der Waals surface area contributed by atoms with Gasteiger partial charge in [-0.2, -0.15) is 15.0 Å². The molecular weight excluding hydrogens is 337 g/mol. The van der Waals surface area contributed by atoms with E-state index in [-0.39, 0.29) is 18.8 Å². The Hall–Kier alpha value is -3.22. The van der Waals surface area contributed by atoms with Gasteiger partial charge in [0.25, 0.3) is 0 Å². The van der Waals surface area contributed by atoms with Gasteiger partial charge in [-0.25, -0.2) is 4.39 Å². The molecular formula is C19H18FN3O3. The fourth-order valence-corrected chi connectivity index (χ4v) is 2.36. The summed E-state index contributed by atoms with van der Waals surface area (Å²) in [4.78, 5) is 12.7. The second kappa shape index (κ2) is 7.77. The number of benzene rings is 2. The van der Waals surface area contributed by atoms with Crippen LogP contribution in [0.4, 0.5) is 4.39 Å². The van der Waals surface area contributed by atoms with E-state index in [9.17, 15) is 9.18 Å². The van der Waals surface area contributed by atoms with Gasteiger partial charge >= 0.3 is 5.97 Å². The Kier molecular flexibility index (Phi) is 5.26. The minimum absolute atomic E-state index is 0.0170. The molecule has 1 aromatic heterocycles. The molecule has 0 unspecified atom stereocenters. The van der Waals surface area contributed by atoms with E-state index in [1.54, 1.807) is 13.0 Å². The standard InChI is InChI=1S/C19H18FN3O3/c1-13-17(11-19(24)25-2)22-23(21-13)15-8-9-18(16(20)10-15)26-12-14-6-4-3-5-7-14/h3-10H,11-12H2,1-2H3. The molecule has 26 heavy (non-hydrogen) atoms. The first-order valence-corrected chi connectivity index (χ1v) is 8.03. The van der Waals surface area contributed by atoms with Crippen molar-refractivity contribution in [3.8, 4) is 11.4 Å². The number of hydrogen-bond donors (Lipinski definition) is 0. The van der Waals surface area contributed by atoms with Gasteiger partial charge < -0.3 is 9.47 Å². The molecule has 0 spiro atoms. The maximum atomic E-state index is 14.3. The summed E-state index contributed by atoms with van der Waals surface area (Å²) in [6.45, 7) is 2.01. The number of aromatic nitrogens is 3. The van der Waals surface area contributed by atoms with Gasteiger partial charge in [0.1, 0.15) is 6.61 Å². The Morgan fingerprint density at radius 1 is 1.15 bits per heavy atom. The molecule has 3 aromatic rings. The van der Waals surface area contributed by atoms with E-state index in [0.29, 0.717) is 17.1 Å². The number of ether oxygens (including phenoxy) is 2. The van der Waals surface area contributed by atoms with Crippen molar-refractivity contribution in [2.75, 3.05) is 7.11 Å². The first-order chi connectivity index (χ1) is 12.6. The van der Waals surface area contributed by atoms with Crippen LogP contribution in [0.3, 0.4) is 0 Å². The lowest BCUT2D eigenvalue weighted by Gasteiger charge is -2.08. The van der Waals surface area contributed by atoms with E-state index in [1.165, 1.54) is 24.0 Å². The predicted octanol–water partition coefficient (Wildman–Crippen LogP) is 3.01. The zero-order chi connectivity index (χ0) is 18.5. The van der Waals surface area contributed by atoms with E-state index in [0.717, 1.165) is 5.56 Å². The lowest BCUT2D eigenvalue weighted by atomic mass is 10.2. The third-order valence-corrected chi connectivity index (χ3v) is 3.80. The van der Waals surface area contributed by atoms with Crippen molar-refractivity contribution in [2.24, 2.45) is 0 Å². The van der Waals surface area contributed by atoms with Crippen LogP contribution in [-0.4, -0.2) is 28.1 Å². The summed E-state index contributed by atoms with van der Waals surface area (Å²) in [7, 11) is 1.31. The number of aryl methyl sites for hydroxylation is 1. The van der Waals surface area contributed by atoms with Gasteiger partial charge in [0.15, 0.2) is 11.6 Å². The highest BCUT2D eigenvalue weighted by atomic mass is 19.1. The molecule has 0 bridgehead atoms. The summed E-state index contributed by atoms with van der Waals surface area (Å²) in [5.74, 6) is -0.768.